The summed E-state index contributed by atoms with van der Waals surface area (Å²) in [5.74, 6) is 0. The van der Waals surface area contributed by atoms with Crippen LogP contribution in [0, 0.1) is 4.78 Å². The molecule has 0 saturated heterocycles. The molecule has 1 atom stereocenters. The van der Waals surface area contributed by atoms with E-state index in [-0.39, 0.29) is 0 Å². The van der Waals surface area contributed by atoms with E-state index in [1.54, 1.807) is 0 Å². The van der Waals surface area contributed by atoms with Gasteiger partial charge in [0, 0.05) is 4.48 Å². The van der Waals surface area contributed by atoms with Gasteiger partial charge in [0.15, 0.2) is 0 Å². The Morgan fingerprint density at radius 2 is 2.12 bits per heavy atom. The van der Waals surface area contributed by atoms with Crippen molar-refractivity contribution in [2.24, 2.45) is 0 Å². The highest BCUT2D eigenvalue weighted by atomic mass is 79.9. The molecule has 0 amide bonds. The Hall–Kier alpha value is 0.590. The van der Waals surface area contributed by atoms with Gasteiger partial charge in [-0.3, -0.25) is 4.78 Å². The summed E-state index contributed by atoms with van der Waals surface area (Å²) < 4.78 is 9.21. The van der Waals surface area contributed by atoms with Gasteiger partial charge in [-0.2, -0.15) is 0 Å². The minimum absolute atomic E-state index is 0.429. The molecule has 1 N–H and O–H groups in total. The largest absolute Gasteiger partial charge is 0.271 e. The quantitative estimate of drug-likeness (QED) is 0.689. The Kier molecular flexibility index (Phi) is 2.06. The van der Waals surface area contributed by atoms with E-state index in [1.807, 2.05) is 11.5 Å². The summed E-state index contributed by atoms with van der Waals surface area (Å²) in [5.41, 5.74) is 0. The first-order chi connectivity index (χ1) is 3.72. The standard InChI is InChI=1S/C4H3Br2NS/c5-3-1-2-8(7)4(3)6/h1-2,7H. The number of hydrogen-bond donors (Lipinski definition) is 1. The molecular formula is C4H3Br2NS. The zero-order chi connectivity index (χ0) is 6.15. The highest BCUT2D eigenvalue weighted by molar-refractivity contribution is 9.15. The summed E-state index contributed by atoms with van der Waals surface area (Å²) in [6.07, 6.45) is 1.89. The van der Waals surface area contributed by atoms with Crippen LogP contribution in [0.4, 0.5) is 0 Å². The van der Waals surface area contributed by atoms with E-state index in [2.05, 4.69) is 31.9 Å². The Morgan fingerprint density at radius 1 is 1.50 bits per heavy atom. The molecule has 0 bridgehead atoms. The maximum Gasteiger partial charge on any atom is 0.0794 e. The molecule has 0 radical (unpaired) electrons. The Morgan fingerprint density at radius 3 is 2.25 bits per heavy atom. The maximum absolute atomic E-state index is 7.27. The predicted molar refractivity (Wildman–Crippen MR) is 44.1 cm³/mol. The van der Waals surface area contributed by atoms with E-state index >= 15 is 0 Å². The number of allylic oxidation sites excluding steroid dienone is 2. The van der Waals surface area contributed by atoms with Crippen LogP contribution in [0.3, 0.4) is 0 Å². The lowest BCUT2D eigenvalue weighted by molar-refractivity contribution is 1.65. The van der Waals surface area contributed by atoms with Crippen LogP contribution in [0.25, 0.3) is 0 Å². The van der Waals surface area contributed by atoms with Gasteiger partial charge in [-0.1, -0.05) is 0 Å². The van der Waals surface area contributed by atoms with Gasteiger partial charge in [0.2, 0.25) is 0 Å². The molecule has 8 heavy (non-hydrogen) atoms. The highest BCUT2D eigenvalue weighted by Gasteiger charge is 2.06. The lowest BCUT2D eigenvalue weighted by atomic mass is 10.6. The lowest BCUT2D eigenvalue weighted by Gasteiger charge is -1.87. The first kappa shape index (κ1) is 6.71. The molecule has 44 valence electrons. The lowest BCUT2D eigenvalue weighted by Crippen LogP contribution is -1.71. The van der Waals surface area contributed by atoms with Crippen LogP contribution < -0.4 is 0 Å². The maximum atomic E-state index is 7.27. The van der Waals surface area contributed by atoms with Crippen molar-refractivity contribution in [3.05, 3.63) is 19.8 Å². The molecule has 0 aliphatic carbocycles. The van der Waals surface area contributed by atoms with Crippen LogP contribution >= 0.6 is 31.9 Å². The van der Waals surface area contributed by atoms with Crippen LogP contribution in [-0.4, -0.2) is 0 Å². The Balaban J connectivity index is 3.02. The van der Waals surface area contributed by atoms with E-state index in [0.717, 1.165) is 8.30 Å². The highest BCUT2D eigenvalue weighted by Crippen LogP contribution is 2.28. The number of nitrogens with one attached hydrogen (secondary N) is 1. The summed E-state index contributed by atoms with van der Waals surface area (Å²) >= 11 is 6.54. The third-order valence-corrected chi connectivity index (χ3v) is 4.67. The van der Waals surface area contributed by atoms with Gasteiger partial charge in [0.25, 0.3) is 0 Å². The number of rotatable bonds is 0. The van der Waals surface area contributed by atoms with Gasteiger partial charge >= 0.3 is 0 Å². The first-order valence-electron chi connectivity index (χ1n) is 1.89. The molecule has 1 unspecified atom stereocenters. The van der Waals surface area contributed by atoms with Crippen LogP contribution in [0.2, 0.25) is 0 Å². The van der Waals surface area contributed by atoms with Crippen LogP contribution in [0.1, 0.15) is 0 Å². The van der Waals surface area contributed by atoms with Crippen molar-refractivity contribution < 1.29 is 0 Å². The zero-order valence-corrected chi connectivity index (χ0v) is 7.81. The third-order valence-electron chi connectivity index (χ3n) is 0.731. The molecule has 1 heterocycles. The number of hydrogen-bond acceptors (Lipinski definition) is 1. The number of halogens is 2. The first-order valence-corrected chi connectivity index (χ1v) is 4.77. The monoisotopic (exact) mass is 255 g/mol. The van der Waals surface area contributed by atoms with Crippen molar-refractivity contribution in [2.75, 3.05) is 0 Å². The van der Waals surface area contributed by atoms with Crippen LogP contribution in [0.15, 0.2) is 19.8 Å². The summed E-state index contributed by atoms with van der Waals surface area (Å²) in [6, 6.07) is 0. The fraction of sp³-hybridized carbons (Fsp3) is 0. The molecule has 4 heteroatoms. The van der Waals surface area contributed by atoms with E-state index < -0.39 is 10.7 Å². The van der Waals surface area contributed by atoms with E-state index in [9.17, 15) is 0 Å². The molecule has 0 aromatic carbocycles. The average molecular weight is 257 g/mol. The summed E-state index contributed by atoms with van der Waals surface area (Å²) in [5, 5.41) is 1.84. The second-order valence-corrected chi connectivity index (χ2v) is 4.79. The van der Waals surface area contributed by atoms with E-state index in [0.29, 0.717) is 0 Å². The molecule has 0 spiro atoms. The third kappa shape index (κ3) is 1.11. The molecule has 1 aliphatic heterocycles. The molecule has 0 aromatic heterocycles. The minimum Gasteiger partial charge on any atom is -0.271 e. The molecule has 0 fully saturated rings. The van der Waals surface area contributed by atoms with Crippen LogP contribution in [0.5, 0.6) is 0 Å². The summed E-state index contributed by atoms with van der Waals surface area (Å²) in [6.45, 7) is 0. The molecule has 0 saturated carbocycles. The topological polar surface area (TPSA) is 23.9 Å². The van der Waals surface area contributed by atoms with Crippen molar-refractivity contribution in [1.82, 2.24) is 0 Å². The normalized spacial score (nSPS) is 27.5. The summed E-state index contributed by atoms with van der Waals surface area (Å²) in [7, 11) is -0.429. The molecule has 0 aromatic rings. The van der Waals surface area contributed by atoms with Crippen LogP contribution in [-0.2, 0) is 10.7 Å². The van der Waals surface area contributed by atoms with Gasteiger partial charge < -0.3 is 0 Å². The van der Waals surface area contributed by atoms with Crippen molar-refractivity contribution in [1.29, 1.82) is 4.78 Å². The van der Waals surface area contributed by atoms with E-state index in [1.165, 1.54) is 0 Å². The Bertz CT molecular complexity index is 190. The molecular weight excluding hydrogens is 254 g/mol. The average Bonchev–Trinajstić information content (AvgIpc) is 1.98. The van der Waals surface area contributed by atoms with Crippen molar-refractivity contribution in [3.8, 4) is 0 Å². The van der Waals surface area contributed by atoms with Gasteiger partial charge in [-0.15, -0.1) is 0 Å². The van der Waals surface area contributed by atoms with Gasteiger partial charge in [0.1, 0.15) is 0 Å². The second-order valence-electron chi connectivity index (χ2n) is 1.26. The molecule has 1 nitrogen and oxygen atoms in total. The van der Waals surface area contributed by atoms with Crippen molar-refractivity contribution in [2.45, 2.75) is 0 Å². The predicted octanol–water partition coefficient (Wildman–Crippen LogP) is 2.85. The van der Waals surface area contributed by atoms with Gasteiger partial charge in [-0.05, 0) is 54.0 Å². The second kappa shape index (κ2) is 2.45. The summed E-state index contributed by atoms with van der Waals surface area (Å²) in [4.78, 5) is 0. The van der Waals surface area contributed by atoms with Gasteiger partial charge in [-0.25, -0.2) is 0 Å². The van der Waals surface area contributed by atoms with Gasteiger partial charge in [0.05, 0.1) is 3.81 Å². The van der Waals surface area contributed by atoms with Crippen molar-refractivity contribution >= 4 is 42.6 Å². The SMILES string of the molecule is N=S1C=CC(Br)=C1Br. The van der Waals surface area contributed by atoms with E-state index in [4.69, 9.17) is 4.78 Å². The van der Waals surface area contributed by atoms with Crippen molar-refractivity contribution in [3.63, 3.8) is 0 Å². The Labute approximate surface area is 67.0 Å². The zero-order valence-electron chi connectivity index (χ0n) is 3.82. The molecule has 1 rings (SSSR count). The fourth-order valence-corrected chi connectivity index (χ4v) is 2.31. The minimum atomic E-state index is -0.429. The fourth-order valence-electron chi connectivity index (χ4n) is 0.358. The smallest absolute Gasteiger partial charge is 0.0794 e. The molecule has 1 aliphatic rings.